The second kappa shape index (κ2) is 7.90. The van der Waals surface area contributed by atoms with E-state index in [0.717, 1.165) is 41.0 Å². The smallest absolute Gasteiger partial charge is 0.322 e. The van der Waals surface area contributed by atoms with Crippen molar-refractivity contribution in [3.8, 4) is 0 Å². The van der Waals surface area contributed by atoms with E-state index in [-0.39, 0.29) is 10.6 Å². The van der Waals surface area contributed by atoms with E-state index in [1.807, 2.05) is 5.32 Å². The Bertz CT molecular complexity index is 863. The Kier molecular flexibility index (Phi) is 5.76. The van der Waals surface area contributed by atoms with Crippen LogP contribution >= 0.6 is 22.9 Å². The molecule has 0 saturated carbocycles. The number of carbonyl (C=O) groups excluding carboxylic acids is 2. The third-order valence-corrected chi connectivity index (χ3v) is 5.69. The van der Waals surface area contributed by atoms with Crippen LogP contribution in [0.1, 0.15) is 40.1 Å². The van der Waals surface area contributed by atoms with Crippen LogP contribution < -0.4 is 10.6 Å². The average molecular weight is 417 g/mol. The van der Waals surface area contributed by atoms with Crippen molar-refractivity contribution >= 4 is 45.4 Å². The molecule has 9 heteroatoms. The number of aryl methyl sites for hydroxylation is 1. The minimum Gasteiger partial charge on any atom is -0.322 e. The largest absolute Gasteiger partial charge is 0.471 e. The summed E-state index contributed by atoms with van der Waals surface area (Å²) in [5.41, 5.74) is 1.30. The molecule has 0 bridgehead atoms. The molecule has 0 atom stereocenters. The van der Waals surface area contributed by atoms with Crippen LogP contribution in [0, 0.1) is 0 Å². The first-order chi connectivity index (χ1) is 12.8. The zero-order valence-corrected chi connectivity index (χ0v) is 15.7. The van der Waals surface area contributed by atoms with Crippen LogP contribution in [0.5, 0.6) is 0 Å². The number of nitrogens with one attached hydrogen (secondary N) is 2. The predicted octanol–water partition coefficient (Wildman–Crippen LogP) is 5.42. The number of alkyl halides is 3. The van der Waals surface area contributed by atoms with E-state index in [1.54, 1.807) is 24.3 Å². The lowest BCUT2D eigenvalue weighted by Gasteiger charge is -2.11. The molecule has 27 heavy (non-hydrogen) atoms. The summed E-state index contributed by atoms with van der Waals surface area (Å²) in [5.74, 6) is -2.63. The van der Waals surface area contributed by atoms with Crippen molar-refractivity contribution in [3.63, 3.8) is 0 Å². The summed E-state index contributed by atoms with van der Waals surface area (Å²) in [4.78, 5) is 25.1. The zero-order valence-electron chi connectivity index (χ0n) is 14.1. The topological polar surface area (TPSA) is 58.2 Å². The summed E-state index contributed by atoms with van der Waals surface area (Å²) in [5, 5.41) is 4.98. The predicted molar refractivity (Wildman–Crippen MR) is 99.7 cm³/mol. The number of thiophene rings is 1. The molecule has 4 nitrogen and oxygen atoms in total. The molecule has 1 aromatic heterocycles. The molecule has 2 amide bonds. The Morgan fingerprint density at radius 2 is 1.67 bits per heavy atom. The Labute approximate surface area is 162 Å². The zero-order chi connectivity index (χ0) is 19.6. The van der Waals surface area contributed by atoms with Crippen molar-refractivity contribution in [2.24, 2.45) is 0 Å². The maximum Gasteiger partial charge on any atom is 0.471 e. The molecule has 3 rings (SSSR count). The van der Waals surface area contributed by atoms with E-state index >= 15 is 0 Å². The minimum atomic E-state index is -5.02. The van der Waals surface area contributed by atoms with Crippen molar-refractivity contribution < 1.29 is 22.8 Å². The van der Waals surface area contributed by atoms with Gasteiger partial charge >= 0.3 is 12.1 Å². The Balaban J connectivity index is 1.95. The van der Waals surface area contributed by atoms with Crippen molar-refractivity contribution in [3.05, 3.63) is 45.3 Å². The van der Waals surface area contributed by atoms with Gasteiger partial charge in [0.2, 0.25) is 0 Å². The van der Waals surface area contributed by atoms with Gasteiger partial charge in [-0.2, -0.15) is 13.2 Å². The summed E-state index contributed by atoms with van der Waals surface area (Å²) < 4.78 is 38.0. The van der Waals surface area contributed by atoms with Crippen LogP contribution in [0.2, 0.25) is 5.02 Å². The fourth-order valence-corrected chi connectivity index (χ4v) is 4.38. The van der Waals surface area contributed by atoms with Crippen molar-refractivity contribution in [2.45, 2.75) is 38.3 Å². The van der Waals surface area contributed by atoms with Crippen LogP contribution in [-0.4, -0.2) is 18.0 Å². The Morgan fingerprint density at radius 1 is 1.00 bits per heavy atom. The first-order valence-electron chi connectivity index (χ1n) is 8.35. The van der Waals surface area contributed by atoms with E-state index in [0.29, 0.717) is 23.6 Å². The second-order valence-corrected chi connectivity index (χ2v) is 7.72. The van der Waals surface area contributed by atoms with Gasteiger partial charge in [0.15, 0.2) is 0 Å². The molecular formula is C18H16ClF3N2O2S. The molecule has 2 N–H and O–H groups in total. The summed E-state index contributed by atoms with van der Waals surface area (Å²) in [7, 11) is 0. The maximum atomic E-state index is 12.8. The summed E-state index contributed by atoms with van der Waals surface area (Å²) in [6.07, 6.45) is -1.01. The van der Waals surface area contributed by atoms with Gasteiger partial charge in [-0.1, -0.05) is 18.0 Å². The fraction of sp³-hybridized carbons (Fsp3) is 0.333. The summed E-state index contributed by atoms with van der Waals surface area (Å²) >= 11 is 6.87. The van der Waals surface area contributed by atoms with Crippen LogP contribution in [0.25, 0.3) is 0 Å². The third kappa shape index (κ3) is 4.62. The summed E-state index contributed by atoms with van der Waals surface area (Å²) in [6.45, 7) is 0. The van der Waals surface area contributed by atoms with Crippen molar-refractivity contribution in [2.75, 3.05) is 10.6 Å². The monoisotopic (exact) mass is 416 g/mol. The lowest BCUT2D eigenvalue weighted by molar-refractivity contribution is -0.167. The maximum absolute atomic E-state index is 12.8. The minimum absolute atomic E-state index is 0.0595. The molecule has 0 saturated heterocycles. The van der Waals surface area contributed by atoms with Gasteiger partial charge in [-0.3, -0.25) is 9.59 Å². The van der Waals surface area contributed by atoms with Crippen molar-refractivity contribution in [1.82, 2.24) is 0 Å². The first kappa shape index (κ1) is 19.7. The fourth-order valence-electron chi connectivity index (χ4n) is 2.97. The lowest BCUT2D eigenvalue weighted by Crippen LogP contribution is -2.30. The quantitative estimate of drug-likeness (QED) is 0.656. The SMILES string of the molecule is O=C(Nc1ccc(Cl)cc1)c1c(NC(=O)C(F)(F)F)sc2c1CCCCC2. The standard InChI is InChI=1S/C18H16ClF3N2O2S/c19-10-6-8-11(9-7-10)23-15(25)14-12-4-2-1-3-5-13(12)27-16(14)24-17(26)18(20,21)22/h6-9H,1-5H2,(H,23,25)(H,24,26). The van der Waals surface area contributed by atoms with Crippen LogP contribution in [0.4, 0.5) is 23.9 Å². The van der Waals surface area contributed by atoms with Crippen LogP contribution in [-0.2, 0) is 17.6 Å². The average Bonchev–Trinajstić information content (AvgIpc) is 2.77. The van der Waals surface area contributed by atoms with Gasteiger partial charge in [-0.05, 0) is 55.5 Å². The highest BCUT2D eigenvalue weighted by Crippen LogP contribution is 2.38. The third-order valence-electron chi connectivity index (χ3n) is 4.23. The van der Waals surface area contributed by atoms with E-state index in [9.17, 15) is 22.8 Å². The number of anilines is 2. The first-order valence-corrected chi connectivity index (χ1v) is 9.55. The number of amides is 2. The van der Waals surface area contributed by atoms with Gasteiger partial charge in [0.1, 0.15) is 5.00 Å². The molecule has 0 aliphatic heterocycles. The molecule has 1 heterocycles. The van der Waals surface area contributed by atoms with Crippen LogP contribution in [0.3, 0.4) is 0 Å². The van der Waals surface area contributed by atoms with E-state index in [1.165, 1.54) is 0 Å². The number of rotatable bonds is 3. The number of hydrogen-bond donors (Lipinski definition) is 2. The number of hydrogen-bond acceptors (Lipinski definition) is 3. The lowest BCUT2D eigenvalue weighted by atomic mass is 10.0. The molecule has 0 fully saturated rings. The Hall–Kier alpha value is -2.06. The number of benzene rings is 1. The van der Waals surface area contributed by atoms with Gasteiger partial charge in [-0.15, -0.1) is 11.3 Å². The molecule has 0 unspecified atom stereocenters. The van der Waals surface area contributed by atoms with Gasteiger partial charge in [0, 0.05) is 15.6 Å². The van der Waals surface area contributed by atoms with Gasteiger partial charge < -0.3 is 10.6 Å². The molecule has 0 spiro atoms. The van der Waals surface area contributed by atoms with Crippen LogP contribution in [0.15, 0.2) is 24.3 Å². The Morgan fingerprint density at radius 3 is 2.33 bits per heavy atom. The summed E-state index contributed by atoms with van der Waals surface area (Å²) in [6, 6.07) is 6.38. The van der Waals surface area contributed by atoms with Gasteiger partial charge in [0.25, 0.3) is 5.91 Å². The molecule has 2 aromatic rings. The normalized spacial score (nSPS) is 14.2. The van der Waals surface area contributed by atoms with Crippen molar-refractivity contribution in [1.29, 1.82) is 0 Å². The molecular weight excluding hydrogens is 401 g/mol. The van der Waals surface area contributed by atoms with E-state index in [4.69, 9.17) is 11.6 Å². The second-order valence-electron chi connectivity index (χ2n) is 6.18. The highest BCUT2D eigenvalue weighted by molar-refractivity contribution is 7.17. The number of carbonyl (C=O) groups is 2. The highest BCUT2D eigenvalue weighted by Gasteiger charge is 2.40. The molecule has 1 aromatic carbocycles. The van der Waals surface area contributed by atoms with Gasteiger partial charge in [-0.25, -0.2) is 0 Å². The highest BCUT2D eigenvalue weighted by atomic mass is 35.5. The van der Waals surface area contributed by atoms with E-state index < -0.39 is 18.0 Å². The van der Waals surface area contributed by atoms with E-state index in [2.05, 4.69) is 5.32 Å². The molecule has 0 radical (unpaired) electrons. The van der Waals surface area contributed by atoms with Gasteiger partial charge in [0.05, 0.1) is 5.56 Å². The molecule has 1 aliphatic rings. The molecule has 144 valence electrons. The molecule has 1 aliphatic carbocycles. The number of halogens is 4. The number of fused-ring (bicyclic) bond motifs is 1.